The van der Waals surface area contributed by atoms with Crippen LogP contribution in [-0.4, -0.2) is 5.17 Å². The monoisotopic (exact) mass is 235 g/mol. The van der Waals surface area contributed by atoms with Crippen LogP contribution in [0.15, 0.2) is 18.2 Å². The Kier molecular flexibility index (Phi) is 3.90. The summed E-state index contributed by atoms with van der Waals surface area (Å²) in [4.78, 5) is 0. The molecule has 13 heavy (non-hydrogen) atoms. The summed E-state index contributed by atoms with van der Waals surface area (Å²) in [5.41, 5.74) is 6.36. The van der Waals surface area contributed by atoms with Crippen LogP contribution in [0, 0.1) is 0 Å². The Hall–Kier alpha value is -0.380. The molecule has 70 valence electrons. The average Bonchev–Trinajstić information content (AvgIpc) is 2.07. The summed E-state index contributed by atoms with van der Waals surface area (Å²) in [5, 5.41) is 6.77. The van der Waals surface area contributed by atoms with Crippen molar-refractivity contribution >= 4 is 40.1 Å². The number of hydrogen-bond acceptors (Lipinski definition) is 1. The third-order valence-corrected chi connectivity index (χ3v) is 2.94. The summed E-state index contributed by atoms with van der Waals surface area (Å²) >= 11 is 12.9. The molecule has 0 amide bonds. The van der Waals surface area contributed by atoms with Crippen LogP contribution in [0.2, 0.25) is 10.0 Å². The molecule has 1 aromatic rings. The number of nitrogens with two attached hydrogens (primary N) is 2. The highest BCUT2D eigenvalue weighted by molar-refractivity contribution is 8.12. The van der Waals surface area contributed by atoms with Crippen LogP contribution in [0.25, 0.3) is 0 Å². The minimum absolute atomic E-state index is 0.353. The number of halogens is 2. The van der Waals surface area contributed by atoms with Crippen molar-refractivity contribution in [2.75, 3.05) is 0 Å². The van der Waals surface area contributed by atoms with Gasteiger partial charge in [0.2, 0.25) is 0 Å². The van der Waals surface area contributed by atoms with E-state index in [1.807, 2.05) is 6.07 Å². The van der Waals surface area contributed by atoms with Crippen LogP contribution >= 0.6 is 35.0 Å². The van der Waals surface area contributed by atoms with Crippen LogP contribution in [0.4, 0.5) is 0 Å². The molecule has 0 aliphatic heterocycles. The van der Waals surface area contributed by atoms with Gasteiger partial charge in [-0.15, -0.1) is 0 Å². The van der Waals surface area contributed by atoms with Gasteiger partial charge in [0.1, 0.15) is 0 Å². The number of amidine groups is 1. The molecule has 0 saturated heterocycles. The maximum absolute atomic E-state index is 5.82. The van der Waals surface area contributed by atoms with Gasteiger partial charge >= 0.3 is 0 Å². The molecule has 0 saturated carbocycles. The molecule has 1 aromatic carbocycles. The Morgan fingerprint density at radius 2 is 2.08 bits per heavy atom. The summed E-state index contributed by atoms with van der Waals surface area (Å²) in [5.74, 6) is 0.708. The maximum atomic E-state index is 5.82. The van der Waals surface area contributed by atoms with Gasteiger partial charge in [-0.1, -0.05) is 29.3 Å². The Bertz CT molecular complexity index is 328. The fourth-order valence-electron chi connectivity index (χ4n) is 0.796. The summed E-state index contributed by atoms with van der Waals surface area (Å²) in [6.07, 6.45) is 0. The lowest BCUT2D eigenvalue weighted by Crippen LogP contribution is -2.43. The van der Waals surface area contributed by atoms with Crippen molar-refractivity contribution in [1.29, 1.82) is 0 Å². The first-order chi connectivity index (χ1) is 6.09. The van der Waals surface area contributed by atoms with Crippen molar-refractivity contribution in [3.8, 4) is 0 Å². The second kappa shape index (κ2) is 4.74. The second-order valence-corrected chi connectivity index (χ2v) is 4.30. The summed E-state index contributed by atoms with van der Waals surface area (Å²) in [6, 6.07) is 5.45. The largest absolute Gasteiger partial charge is 0.300 e. The zero-order valence-corrected chi connectivity index (χ0v) is 9.09. The van der Waals surface area contributed by atoms with Crippen molar-refractivity contribution in [3.63, 3.8) is 0 Å². The fourth-order valence-corrected chi connectivity index (χ4v) is 1.63. The van der Waals surface area contributed by atoms with E-state index in [4.69, 9.17) is 34.3 Å². The maximum Gasteiger partial charge on any atom is 0.300 e. The molecule has 5 heteroatoms. The van der Waals surface area contributed by atoms with Gasteiger partial charge in [-0.05, 0) is 29.5 Å². The minimum Gasteiger partial charge on any atom is -0.282 e. The van der Waals surface area contributed by atoms with Gasteiger partial charge in [-0.3, -0.25) is 11.1 Å². The van der Waals surface area contributed by atoms with Gasteiger partial charge < -0.3 is 0 Å². The van der Waals surface area contributed by atoms with E-state index in [0.717, 1.165) is 5.56 Å². The van der Waals surface area contributed by atoms with Gasteiger partial charge in [0.05, 0.1) is 10.0 Å². The Morgan fingerprint density at radius 3 is 2.62 bits per heavy atom. The first kappa shape index (κ1) is 10.7. The molecular weight excluding hydrogens is 227 g/mol. The molecule has 0 heterocycles. The second-order valence-electron chi connectivity index (χ2n) is 2.44. The highest BCUT2D eigenvalue weighted by Gasteiger charge is 2.02. The summed E-state index contributed by atoms with van der Waals surface area (Å²) in [6.45, 7) is 0. The van der Waals surface area contributed by atoms with Crippen molar-refractivity contribution in [2.45, 2.75) is 5.75 Å². The first-order valence-electron chi connectivity index (χ1n) is 3.54. The number of rotatable bonds is 2. The van der Waals surface area contributed by atoms with E-state index in [9.17, 15) is 0 Å². The van der Waals surface area contributed by atoms with Crippen LogP contribution in [0.1, 0.15) is 5.56 Å². The van der Waals surface area contributed by atoms with E-state index in [-0.39, 0.29) is 0 Å². The van der Waals surface area contributed by atoms with Gasteiger partial charge in [-0.2, -0.15) is 0 Å². The van der Waals surface area contributed by atoms with E-state index in [0.29, 0.717) is 21.0 Å². The van der Waals surface area contributed by atoms with Crippen LogP contribution in [0.5, 0.6) is 0 Å². The van der Waals surface area contributed by atoms with Gasteiger partial charge in [0.15, 0.2) is 0 Å². The van der Waals surface area contributed by atoms with E-state index in [2.05, 4.69) is 0 Å². The lowest BCUT2D eigenvalue weighted by Gasteiger charge is -2.00. The minimum atomic E-state index is 0.353. The third kappa shape index (κ3) is 3.46. The first-order valence-corrected chi connectivity index (χ1v) is 5.28. The van der Waals surface area contributed by atoms with Crippen molar-refractivity contribution < 1.29 is 5.41 Å². The van der Waals surface area contributed by atoms with Crippen LogP contribution in [-0.2, 0) is 5.75 Å². The molecule has 4 N–H and O–H groups in total. The lowest BCUT2D eigenvalue weighted by molar-refractivity contribution is -0.110. The summed E-state index contributed by atoms with van der Waals surface area (Å²) in [7, 11) is 0. The lowest BCUT2D eigenvalue weighted by atomic mass is 10.2. The highest BCUT2D eigenvalue weighted by atomic mass is 35.5. The van der Waals surface area contributed by atoms with E-state index in [1.165, 1.54) is 11.8 Å². The molecule has 0 atom stereocenters. The average molecular weight is 236 g/mol. The van der Waals surface area contributed by atoms with Crippen LogP contribution < -0.4 is 11.1 Å². The van der Waals surface area contributed by atoms with E-state index >= 15 is 0 Å². The van der Waals surface area contributed by atoms with E-state index < -0.39 is 0 Å². The molecular formula is C8H9Cl2N2S+. The van der Waals surface area contributed by atoms with Gasteiger partial charge in [0.25, 0.3) is 5.17 Å². The topological polar surface area (TPSA) is 51.6 Å². The SMILES string of the molecule is NC(=[NH2+])SCc1ccc(Cl)c(Cl)c1. The summed E-state index contributed by atoms with van der Waals surface area (Å²) < 4.78 is 0. The zero-order valence-electron chi connectivity index (χ0n) is 6.76. The van der Waals surface area contributed by atoms with Crippen LogP contribution in [0.3, 0.4) is 0 Å². The Labute approximate surface area is 90.9 Å². The molecule has 0 spiro atoms. The van der Waals surface area contributed by atoms with Gasteiger partial charge in [-0.25, -0.2) is 0 Å². The van der Waals surface area contributed by atoms with Crippen molar-refractivity contribution in [3.05, 3.63) is 33.8 Å². The zero-order chi connectivity index (χ0) is 9.84. The standard InChI is InChI=1S/C8H8Cl2N2S/c9-6-2-1-5(3-7(6)10)4-13-8(11)12/h1-3H,4H2,(H3,11,12)/p+1. The van der Waals surface area contributed by atoms with Gasteiger partial charge in [0, 0.05) is 5.75 Å². The van der Waals surface area contributed by atoms with Crippen molar-refractivity contribution in [2.24, 2.45) is 5.73 Å². The Balaban J connectivity index is 2.68. The molecule has 1 rings (SSSR count). The molecule has 0 unspecified atom stereocenters. The molecule has 0 radical (unpaired) electrons. The number of hydrogen-bond donors (Lipinski definition) is 2. The number of benzene rings is 1. The number of thioether (sulfide) groups is 1. The fraction of sp³-hybridized carbons (Fsp3) is 0.125. The highest BCUT2D eigenvalue weighted by Crippen LogP contribution is 2.24. The van der Waals surface area contributed by atoms with E-state index in [1.54, 1.807) is 12.1 Å². The molecule has 0 bridgehead atoms. The normalized spacial score (nSPS) is 10.0. The predicted molar refractivity (Wildman–Crippen MR) is 58.9 cm³/mol. The predicted octanol–water partition coefficient (Wildman–Crippen LogP) is 1.30. The molecule has 0 aliphatic carbocycles. The Morgan fingerprint density at radius 1 is 1.38 bits per heavy atom. The molecule has 0 aromatic heterocycles. The molecule has 0 aliphatic rings. The van der Waals surface area contributed by atoms with Crippen molar-refractivity contribution in [1.82, 2.24) is 0 Å². The third-order valence-electron chi connectivity index (χ3n) is 1.39. The molecule has 2 nitrogen and oxygen atoms in total. The smallest absolute Gasteiger partial charge is 0.282 e. The quantitative estimate of drug-likeness (QED) is 0.600. The molecule has 0 fully saturated rings.